The summed E-state index contributed by atoms with van der Waals surface area (Å²) < 4.78 is 5.58. The first-order chi connectivity index (χ1) is 8.51. The van der Waals surface area contributed by atoms with Gasteiger partial charge in [-0.15, -0.1) is 0 Å². The maximum atomic E-state index is 5.58. The summed E-state index contributed by atoms with van der Waals surface area (Å²) in [5.41, 5.74) is 0.965. The lowest BCUT2D eigenvalue weighted by Crippen LogP contribution is -2.35. The quantitative estimate of drug-likeness (QED) is 0.798. The SMILES string of the molecule is CCC(C)NC(=S)Nc1ccc(OC(C)C)cc1. The van der Waals surface area contributed by atoms with Crippen LogP contribution in [-0.2, 0) is 0 Å². The molecule has 2 N–H and O–H groups in total. The summed E-state index contributed by atoms with van der Waals surface area (Å²) in [4.78, 5) is 0. The van der Waals surface area contributed by atoms with Crippen LogP contribution in [0.3, 0.4) is 0 Å². The van der Waals surface area contributed by atoms with Crippen molar-refractivity contribution in [2.75, 3.05) is 5.32 Å². The highest BCUT2D eigenvalue weighted by atomic mass is 32.1. The average molecular weight is 266 g/mol. The summed E-state index contributed by atoms with van der Waals surface area (Å²) in [6.07, 6.45) is 1.24. The van der Waals surface area contributed by atoms with E-state index in [0.717, 1.165) is 17.9 Å². The Labute approximate surface area is 115 Å². The van der Waals surface area contributed by atoms with Gasteiger partial charge in [0.05, 0.1) is 6.10 Å². The molecule has 0 spiro atoms. The average Bonchev–Trinajstić information content (AvgIpc) is 2.30. The molecule has 1 atom stereocenters. The number of thiocarbonyl (C=S) groups is 1. The zero-order valence-corrected chi connectivity index (χ0v) is 12.3. The highest BCUT2D eigenvalue weighted by Gasteiger charge is 2.02. The minimum Gasteiger partial charge on any atom is -0.491 e. The van der Waals surface area contributed by atoms with Crippen LogP contribution in [0.4, 0.5) is 5.69 Å². The van der Waals surface area contributed by atoms with E-state index in [-0.39, 0.29) is 6.10 Å². The molecule has 4 heteroatoms. The van der Waals surface area contributed by atoms with Crippen molar-refractivity contribution < 1.29 is 4.74 Å². The van der Waals surface area contributed by atoms with E-state index in [1.807, 2.05) is 38.1 Å². The normalized spacial score (nSPS) is 12.1. The molecular weight excluding hydrogens is 244 g/mol. The largest absolute Gasteiger partial charge is 0.491 e. The van der Waals surface area contributed by atoms with Crippen LogP contribution in [0.15, 0.2) is 24.3 Å². The van der Waals surface area contributed by atoms with Gasteiger partial charge >= 0.3 is 0 Å². The number of ether oxygens (including phenoxy) is 1. The molecule has 1 unspecified atom stereocenters. The van der Waals surface area contributed by atoms with E-state index in [0.29, 0.717) is 11.2 Å². The Hall–Kier alpha value is -1.29. The molecule has 0 aromatic heterocycles. The minimum atomic E-state index is 0.192. The number of nitrogens with one attached hydrogen (secondary N) is 2. The van der Waals surface area contributed by atoms with Crippen molar-refractivity contribution in [3.05, 3.63) is 24.3 Å². The summed E-state index contributed by atoms with van der Waals surface area (Å²) >= 11 is 5.23. The lowest BCUT2D eigenvalue weighted by Gasteiger charge is -2.15. The van der Waals surface area contributed by atoms with Gasteiger partial charge in [0.1, 0.15) is 5.75 Å². The van der Waals surface area contributed by atoms with Gasteiger partial charge in [0.2, 0.25) is 0 Å². The summed E-state index contributed by atoms with van der Waals surface area (Å²) in [6.45, 7) is 8.25. The molecule has 0 radical (unpaired) electrons. The van der Waals surface area contributed by atoms with Crippen LogP contribution >= 0.6 is 12.2 Å². The number of hydrogen-bond donors (Lipinski definition) is 2. The molecule has 0 saturated heterocycles. The van der Waals surface area contributed by atoms with Gasteiger partial charge in [-0.1, -0.05) is 6.92 Å². The van der Waals surface area contributed by atoms with Gasteiger partial charge < -0.3 is 15.4 Å². The highest BCUT2D eigenvalue weighted by Crippen LogP contribution is 2.16. The van der Waals surface area contributed by atoms with Crippen LogP contribution in [0.2, 0.25) is 0 Å². The molecule has 1 aromatic rings. The monoisotopic (exact) mass is 266 g/mol. The fourth-order valence-corrected chi connectivity index (χ4v) is 1.70. The number of benzene rings is 1. The number of hydrogen-bond acceptors (Lipinski definition) is 2. The van der Waals surface area contributed by atoms with E-state index < -0.39 is 0 Å². The predicted octanol–water partition coefficient (Wildman–Crippen LogP) is 3.56. The van der Waals surface area contributed by atoms with E-state index in [2.05, 4.69) is 24.5 Å². The van der Waals surface area contributed by atoms with Gasteiger partial charge in [-0.2, -0.15) is 0 Å². The maximum Gasteiger partial charge on any atom is 0.170 e. The zero-order valence-electron chi connectivity index (χ0n) is 11.5. The van der Waals surface area contributed by atoms with Crippen molar-refractivity contribution in [3.63, 3.8) is 0 Å². The topological polar surface area (TPSA) is 33.3 Å². The van der Waals surface area contributed by atoms with Gasteiger partial charge in [0.15, 0.2) is 5.11 Å². The summed E-state index contributed by atoms with van der Waals surface area (Å²) in [5.74, 6) is 0.872. The second-order valence-electron chi connectivity index (χ2n) is 4.60. The third-order valence-electron chi connectivity index (χ3n) is 2.47. The molecule has 18 heavy (non-hydrogen) atoms. The summed E-state index contributed by atoms with van der Waals surface area (Å²) in [5, 5.41) is 7.02. The number of anilines is 1. The molecule has 0 aliphatic heterocycles. The third kappa shape index (κ3) is 5.36. The molecular formula is C14H22N2OS. The molecule has 0 fully saturated rings. The molecule has 1 rings (SSSR count). The Balaban J connectivity index is 2.50. The zero-order chi connectivity index (χ0) is 13.5. The van der Waals surface area contributed by atoms with Crippen LogP contribution in [0.5, 0.6) is 5.75 Å². The first kappa shape index (κ1) is 14.8. The lowest BCUT2D eigenvalue weighted by atomic mass is 10.3. The summed E-state index contributed by atoms with van der Waals surface area (Å²) in [7, 11) is 0. The van der Waals surface area contributed by atoms with Crippen molar-refractivity contribution in [3.8, 4) is 5.75 Å². The van der Waals surface area contributed by atoms with Gasteiger partial charge in [-0.05, 0) is 63.7 Å². The van der Waals surface area contributed by atoms with Gasteiger partial charge in [0, 0.05) is 11.7 Å². The van der Waals surface area contributed by atoms with E-state index in [9.17, 15) is 0 Å². The van der Waals surface area contributed by atoms with Crippen LogP contribution < -0.4 is 15.4 Å². The second kappa shape index (κ2) is 7.21. The minimum absolute atomic E-state index is 0.192. The molecule has 0 saturated carbocycles. The lowest BCUT2D eigenvalue weighted by molar-refractivity contribution is 0.242. The Morgan fingerprint density at radius 2 is 1.83 bits per heavy atom. The Morgan fingerprint density at radius 3 is 2.33 bits per heavy atom. The predicted molar refractivity (Wildman–Crippen MR) is 81.3 cm³/mol. The maximum absolute atomic E-state index is 5.58. The van der Waals surface area contributed by atoms with E-state index >= 15 is 0 Å². The van der Waals surface area contributed by atoms with E-state index in [1.54, 1.807) is 0 Å². The Kier molecular flexibility index (Phi) is 5.92. The van der Waals surface area contributed by atoms with Gasteiger partial charge in [0.25, 0.3) is 0 Å². The molecule has 1 aromatic carbocycles. The van der Waals surface area contributed by atoms with Crippen molar-refractivity contribution >= 4 is 23.0 Å². The molecule has 0 bridgehead atoms. The van der Waals surface area contributed by atoms with Crippen LogP contribution in [-0.4, -0.2) is 17.3 Å². The van der Waals surface area contributed by atoms with Crippen molar-refractivity contribution in [1.29, 1.82) is 0 Å². The second-order valence-corrected chi connectivity index (χ2v) is 5.01. The molecule has 0 heterocycles. The Bertz CT molecular complexity index is 376. The standard InChI is InChI=1S/C14H22N2OS/c1-5-11(4)15-14(18)16-12-6-8-13(9-7-12)17-10(2)3/h6-11H,5H2,1-4H3,(H2,15,16,18). The smallest absolute Gasteiger partial charge is 0.170 e. The van der Waals surface area contributed by atoms with Gasteiger partial charge in [-0.25, -0.2) is 0 Å². The molecule has 0 amide bonds. The molecule has 100 valence electrons. The first-order valence-electron chi connectivity index (χ1n) is 6.35. The third-order valence-corrected chi connectivity index (χ3v) is 2.69. The van der Waals surface area contributed by atoms with Crippen LogP contribution in [0, 0.1) is 0 Å². The van der Waals surface area contributed by atoms with Gasteiger partial charge in [-0.3, -0.25) is 0 Å². The molecule has 0 aliphatic rings. The van der Waals surface area contributed by atoms with E-state index in [1.165, 1.54) is 0 Å². The first-order valence-corrected chi connectivity index (χ1v) is 6.76. The number of rotatable bonds is 5. The molecule has 0 aliphatic carbocycles. The van der Waals surface area contributed by atoms with Crippen LogP contribution in [0.25, 0.3) is 0 Å². The summed E-state index contributed by atoms with van der Waals surface area (Å²) in [6, 6.07) is 8.18. The molecule has 3 nitrogen and oxygen atoms in total. The van der Waals surface area contributed by atoms with Crippen molar-refractivity contribution in [1.82, 2.24) is 5.32 Å². The van der Waals surface area contributed by atoms with Crippen molar-refractivity contribution in [2.45, 2.75) is 46.3 Å². The van der Waals surface area contributed by atoms with E-state index in [4.69, 9.17) is 17.0 Å². The Morgan fingerprint density at radius 1 is 1.22 bits per heavy atom. The fourth-order valence-electron chi connectivity index (χ4n) is 1.38. The van der Waals surface area contributed by atoms with Crippen molar-refractivity contribution in [2.24, 2.45) is 0 Å². The van der Waals surface area contributed by atoms with Crippen LogP contribution in [0.1, 0.15) is 34.1 Å². The fraction of sp³-hybridized carbons (Fsp3) is 0.500. The highest BCUT2D eigenvalue weighted by molar-refractivity contribution is 7.80.